The number of allylic oxidation sites excluding steroid dienone is 3. The van der Waals surface area contributed by atoms with Gasteiger partial charge in [-0.2, -0.15) is 0 Å². The van der Waals surface area contributed by atoms with Crippen LogP contribution in [0.15, 0.2) is 24.3 Å². The Bertz CT molecular complexity index is 891. The number of carbonyl (C=O) groups excluding carboxylic acids is 1. The zero-order valence-electron chi connectivity index (χ0n) is 34.1. The smallest absolute Gasteiger partial charge is 0.268 e. The van der Waals surface area contributed by atoms with Crippen molar-refractivity contribution < 1.29 is 32.9 Å². The average molecular weight is 743 g/mol. The number of hydrogen-bond acceptors (Lipinski definition) is 6. The van der Waals surface area contributed by atoms with E-state index >= 15 is 0 Å². The van der Waals surface area contributed by atoms with Crippen LogP contribution in [0.2, 0.25) is 0 Å². The van der Waals surface area contributed by atoms with E-state index in [0.29, 0.717) is 17.4 Å². The minimum absolute atomic E-state index is 0.00445. The zero-order valence-corrected chi connectivity index (χ0v) is 35.0. The fraction of sp³-hybridized carbons (Fsp3) is 0.881. The molecule has 302 valence electrons. The fourth-order valence-electron chi connectivity index (χ4n) is 5.99. The van der Waals surface area contributed by atoms with Crippen molar-refractivity contribution in [3.05, 3.63) is 24.3 Å². The Morgan fingerprint density at radius 3 is 1.59 bits per heavy atom. The number of aliphatic hydroxyl groups is 1. The van der Waals surface area contributed by atoms with Crippen LogP contribution in [0.4, 0.5) is 0 Å². The number of unbranched alkanes of at least 4 members (excludes halogenated alkanes) is 23. The monoisotopic (exact) mass is 743 g/mol. The van der Waals surface area contributed by atoms with Crippen LogP contribution in [-0.4, -0.2) is 68.5 Å². The van der Waals surface area contributed by atoms with Crippen molar-refractivity contribution >= 4 is 13.7 Å². The zero-order chi connectivity index (χ0) is 37.9. The van der Waals surface area contributed by atoms with Gasteiger partial charge in [-0.3, -0.25) is 9.36 Å². The van der Waals surface area contributed by atoms with Crippen molar-refractivity contribution in [3.63, 3.8) is 0 Å². The van der Waals surface area contributed by atoms with E-state index in [-0.39, 0.29) is 19.1 Å². The highest BCUT2D eigenvalue weighted by atomic mass is 31.2. The Balaban J connectivity index is 4.50. The maximum Gasteiger partial charge on any atom is 0.268 e. The first kappa shape index (κ1) is 50.0. The third kappa shape index (κ3) is 37.1. The molecule has 0 radical (unpaired) electrons. The van der Waals surface area contributed by atoms with Crippen LogP contribution in [0.3, 0.4) is 0 Å². The molecule has 9 heteroatoms. The lowest BCUT2D eigenvalue weighted by molar-refractivity contribution is -0.870. The summed E-state index contributed by atoms with van der Waals surface area (Å²) in [7, 11) is 1.25. The Labute approximate surface area is 315 Å². The van der Waals surface area contributed by atoms with Crippen molar-refractivity contribution in [2.75, 3.05) is 40.9 Å². The van der Waals surface area contributed by atoms with Gasteiger partial charge in [-0.15, -0.1) is 0 Å². The predicted octanol–water partition coefficient (Wildman–Crippen LogP) is 10.7. The molecule has 0 aromatic rings. The molecule has 0 saturated carbocycles. The van der Waals surface area contributed by atoms with Crippen LogP contribution in [0, 0.1) is 0 Å². The first-order valence-corrected chi connectivity index (χ1v) is 22.7. The molecule has 0 aromatic carbocycles. The molecule has 0 bridgehead atoms. The van der Waals surface area contributed by atoms with E-state index in [1.807, 2.05) is 27.2 Å². The van der Waals surface area contributed by atoms with Gasteiger partial charge in [0.05, 0.1) is 39.9 Å². The van der Waals surface area contributed by atoms with Gasteiger partial charge in [0.1, 0.15) is 13.2 Å². The summed E-state index contributed by atoms with van der Waals surface area (Å²) in [4.78, 5) is 25.2. The number of phosphoric ester groups is 1. The van der Waals surface area contributed by atoms with Gasteiger partial charge in [-0.05, 0) is 32.1 Å². The average Bonchev–Trinajstić information content (AvgIpc) is 3.07. The molecule has 2 N–H and O–H groups in total. The lowest BCUT2D eigenvalue weighted by Gasteiger charge is -2.29. The molecule has 0 spiro atoms. The lowest BCUT2D eigenvalue weighted by Crippen LogP contribution is -2.45. The molecule has 51 heavy (non-hydrogen) atoms. The first-order chi connectivity index (χ1) is 24.5. The fourth-order valence-corrected chi connectivity index (χ4v) is 6.71. The Hall–Kier alpha value is -1.02. The van der Waals surface area contributed by atoms with Gasteiger partial charge in [0.15, 0.2) is 0 Å². The standard InChI is InChI=1S/C42H83N2O6P/c1-6-8-10-12-14-16-18-20-22-24-26-28-30-32-34-36-42(46)43-40(39-50-51(47,48)49-38-37-44(3,4)5)41(45)35-33-31-29-27-25-23-21-19-17-15-13-11-9-7-2/h25,27,33,35,40-41,45H,6-24,26,28-32,34,36-39H2,1-5H3,(H-,43,46,47,48)/b27-25+,35-33+/t40-,41+/m0/s1. The second-order valence-corrected chi connectivity index (χ2v) is 17.1. The maximum atomic E-state index is 12.8. The first-order valence-electron chi connectivity index (χ1n) is 21.2. The van der Waals surface area contributed by atoms with Crippen LogP contribution in [-0.2, 0) is 18.4 Å². The number of carbonyl (C=O) groups is 1. The van der Waals surface area contributed by atoms with E-state index in [1.165, 1.54) is 128 Å². The van der Waals surface area contributed by atoms with Crippen molar-refractivity contribution in [2.45, 2.75) is 199 Å². The highest BCUT2D eigenvalue weighted by Gasteiger charge is 2.23. The van der Waals surface area contributed by atoms with Gasteiger partial charge < -0.3 is 28.8 Å². The Morgan fingerprint density at radius 2 is 1.10 bits per heavy atom. The van der Waals surface area contributed by atoms with Gasteiger partial charge >= 0.3 is 0 Å². The molecule has 3 atom stereocenters. The summed E-state index contributed by atoms with van der Waals surface area (Å²) in [5.74, 6) is -0.207. The van der Waals surface area contributed by atoms with Gasteiger partial charge in [-0.25, -0.2) is 0 Å². The second-order valence-electron chi connectivity index (χ2n) is 15.7. The van der Waals surface area contributed by atoms with Crippen LogP contribution >= 0.6 is 7.82 Å². The van der Waals surface area contributed by atoms with Gasteiger partial charge in [0, 0.05) is 6.42 Å². The number of hydrogen-bond donors (Lipinski definition) is 2. The van der Waals surface area contributed by atoms with Crippen molar-refractivity contribution in [1.29, 1.82) is 0 Å². The summed E-state index contributed by atoms with van der Waals surface area (Å²) in [6.45, 7) is 4.61. The van der Waals surface area contributed by atoms with Gasteiger partial charge in [0.2, 0.25) is 5.91 Å². The van der Waals surface area contributed by atoms with Crippen molar-refractivity contribution in [3.8, 4) is 0 Å². The molecule has 0 aliphatic heterocycles. The normalized spacial score (nSPS) is 14.7. The number of phosphoric acid groups is 1. The number of likely N-dealkylation sites (N-methyl/N-ethyl adjacent to an activating group) is 1. The molecule has 0 aromatic heterocycles. The van der Waals surface area contributed by atoms with E-state index in [1.54, 1.807) is 6.08 Å². The SMILES string of the molecule is CCCCCCCCCC/C=C/CC/C=C/[C@@H](O)[C@H](COP(=O)([O-])OCC[N+](C)(C)C)NC(=O)CCCCCCCCCCCCCCCCC. The molecule has 8 nitrogen and oxygen atoms in total. The maximum absolute atomic E-state index is 12.8. The summed E-state index contributed by atoms with van der Waals surface area (Å²) in [5.41, 5.74) is 0. The molecule has 0 aliphatic carbocycles. The predicted molar refractivity (Wildman–Crippen MR) is 215 cm³/mol. The molecule has 0 fully saturated rings. The van der Waals surface area contributed by atoms with Gasteiger partial charge in [-0.1, -0.05) is 173 Å². The molecule has 1 amide bonds. The van der Waals surface area contributed by atoms with E-state index in [0.717, 1.165) is 38.5 Å². The number of amides is 1. The summed E-state index contributed by atoms with van der Waals surface area (Å²) >= 11 is 0. The number of nitrogens with zero attached hydrogens (tertiary/aromatic N) is 1. The summed E-state index contributed by atoms with van der Waals surface area (Å²) in [5, 5.41) is 13.7. The molecular weight excluding hydrogens is 659 g/mol. The van der Waals surface area contributed by atoms with Crippen LogP contribution in [0.25, 0.3) is 0 Å². The quantitative estimate of drug-likeness (QED) is 0.0282. The largest absolute Gasteiger partial charge is 0.756 e. The minimum Gasteiger partial charge on any atom is -0.756 e. The van der Waals surface area contributed by atoms with E-state index in [4.69, 9.17) is 9.05 Å². The Kier molecular flexibility index (Phi) is 34.0. The number of quaternary nitrogens is 1. The molecular formula is C42H83N2O6P. The van der Waals surface area contributed by atoms with E-state index in [9.17, 15) is 19.4 Å². The van der Waals surface area contributed by atoms with Crippen LogP contribution in [0.1, 0.15) is 187 Å². The number of rotatable bonds is 38. The number of nitrogens with one attached hydrogen (secondary N) is 1. The van der Waals surface area contributed by atoms with Gasteiger partial charge in [0.25, 0.3) is 7.82 Å². The highest BCUT2D eigenvalue weighted by molar-refractivity contribution is 7.45. The van der Waals surface area contributed by atoms with Crippen LogP contribution < -0.4 is 10.2 Å². The third-order valence-electron chi connectivity index (χ3n) is 9.41. The number of aliphatic hydroxyl groups excluding tert-OH is 1. The molecule has 0 saturated heterocycles. The summed E-state index contributed by atoms with van der Waals surface area (Å²) in [6, 6.07) is -0.896. The molecule has 1 unspecified atom stereocenters. The minimum atomic E-state index is -4.59. The molecule has 0 aliphatic rings. The lowest BCUT2D eigenvalue weighted by atomic mass is 10.0. The van der Waals surface area contributed by atoms with E-state index in [2.05, 4.69) is 31.3 Å². The van der Waals surface area contributed by atoms with E-state index < -0.39 is 20.0 Å². The highest BCUT2D eigenvalue weighted by Crippen LogP contribution is 2.38. The topological polar surface area (TPSA) is 108 Å². The van der Waals surface area contributed by atoms with Crippen LogP contribution in [0.5, 0.6) is 0 Å². The Morgan fingerprint density at radius 1 is 0.667 bits per heavy atom. The third-order valence-corrected chi connectivity index (χ3v) is 10.4. The summed E-state index contributed by atoms with van der Waals surface area (Å²) in [6.07, 6.45) is 39.3. The summed E-state index contributed by atoms with van der Waals surface area (Å²) < 4.78 is 23.1. The molecule has 0 heterocycles. The van der Waals surface area contributed by atoms with Crippen molar-refractivity contribution in [2.24, 2.45) is 0 Å². The van der Waals surface area contributed by atoms with Crippen molar-refractivity contribution in [1.82, 2.24) is 5.32 Å². The second kappa shape index (κ2) is 34.7. The molecule has 0 rings (SSSR count).